The van der Waals surface area contributed by atoms with Crippen LogP contribution < -0.4 is 47.2 Å². The number of hydrogen-bond donors (Lipinski definition) is 11. The van der Waals surface area contributed by atoms with Gasteiger partial charge in [0, 0.05) is 96.4 Å². The Kier molecular flexibility index (Phi) is 35.6. The zero-order chi connectivity index (χ0) is 75.0. The molecule has 6 aliphatic heterocycles. The number of nitrogens with one attached hydrogen (secondary N) is 4. The summed E-state index contributed by atoms with van der Waals surface area (Å²) in [4.78, 5) is 48.2. The van der Waals surface area contributed by atoms with Gasteiger partial charge in [-0.05, 0) is 188 Å². The molecule has 34 heteroatoms. The van der Waals surface area contributed by atoms with Gasteiger partial charge >= 0.3 is 25.4 Å². The molecule has 9 heterocycles. The highest BCUT2D eigenvalue weighted by Crippen LogP contribution is 2.38. The number of aryl methyl sites for hydroxylation is 2. The second-order valence-corrected chi connectivity index (χ2v) is 29.4. The van der Waals surface area contributed by atoms with E-state index < -0.39 is 60.9 Å². The number of ether oxygens (including phenoxy) is 3. The fourth-order valence-electron chi connectivity index (χ4n) is 11.6. The fraction of sp³-hybridized carbons (Fsp3) is 0.586. The molecule has 104 heavy (non-hydrogen) atoms. The van der Waals surface area contributed by atoms with Crippen molar-refractivity contribution < 1.29 is 81.3 Å². The number of aliphatic hydroxyl groups is 6. The van der Waals surface area contributed by atoms with Crippen LogP contribution >= 0.6 is 58.7 Å². The summed E-state index contributed by atoms with van der Waals surface area (Å²) in [7, 11) is -0.556. The van der Waals surface area contributed by atoms with E-state index in [1.807, 2.05) is 106 Å². The Bertz CT molecular complexity index is 3440. The van der Waals surface area contributed by atoms with Crippen molar-refractivity contribution in [2.24, 2.45) is 17.6 Å². The Morgan fingerprint density at radius 3 is 1.45 bits per heavy atom. The molecule has 4 amide bonds. The summed E-state index contributed by atoms with van der Waals surface area (Å²) in [5.74, 6) is 3.27. The number of pyridine rings is 3. The smallest absolute Gasteiger partial charge is 0.399 e. The Hall–Kier alpha value is -5.46. The van der Waals surface area contributed by atoms with Crippen LogP contribution in [0.15, 0.2) is 72.8 Å². The maximum Gasteiger partial charge on any atom is 0.495 e. The van der Waals surface area contributed by atoms with E-state index in [1.165, 1.54) is 11.0 Å². The van der Waals surface area contributed by atoms with Gasteiger partial charge in [-0.2, -0.15) is 31.1 Å². The average molecular weight is 1710 g/mol. The number of aromatic nitrogens is 3. The number of anilines is 7. The highest BCUT2D eigenvalue weighted by molar-refractivity contribution is 14.1. The number of likely N-dealkylation sites (tertiary alicyclic amines) is 2. The summed E-state index contributed by atoms with van der Waals surface area (Å²) in [6.45, 7) is 23.9. The zero-order valence-corrected chi connectivity index (χ0v) is 65.6. The molecule has 0 saturated carbocycles. The molecule has 6 aliphatic rings. The third-order valence-corrected chi connectivity index (χ3v) is 19.7. The van der Waals surface area contributed by atoms with E-state index in [4.69, 9.17) is 54.7 Å². The van der Waals surface area contributed by atoms with E-state index in [2.05, 4.69) is 93.1 Å². The van der Waals surface area contributed by atoms with Gasteiger partial charge in [0.15, 0.2) is 0 Å². The van der Waals surface area contributed by atoms with Crippen LogP contribution in [0.5, 0.6) is 0 Å². The van der Waals surface area contributed by atoms with Gasteiger partial charge < -0.3 is 106 Å². The van der Waals surface area contributed by atoms with Crippen molar-refractivity contribution in [1.29, 1.82) is 0 Å². The minimum atomic E-state index is -4.20. The van der Waals surface area contributed by atoms with Crippen LogP contribution in [0.3, 0.4) is 0 Å². The number of nitrogens with zero attached hydrogens (tertiary/aromatic N) is 8. The number of rotatable bonds is 19. The van der Waals surface area contributed by atoms with Crippen molar-refractivity contribution in [3.05, 3.63) is 97.0 Å². The van der Waals surface area contributed by atoms with E-state index in [9.17, 15) is 37.4 Å². The first kappa shape index (κ1) is 87.5. The van der Waals surface area contributed by atoms with Crippen molar-refractivity contribution in [1.82, 2.24) is 24.8 Å². The molecule has 5 aromatic rings. The van der Waals surface area contributed by atoms with E-state index >= 15 is 0 Å². The van der Waals surface area contributed by atoms with Gasteiger partial charge in [0.25, 0.3) is 0 Å². The summed E-state index contributed by atoms with van der Waals surface area (Å²) in [5, 5.41) is 65.4. The topological polar surface area (TPSA) is 331 Å². The van der Waals surface area contributed by atoms with Gasteiger partial charge in [0.1, 0.15) is 29.1 Å². The quantitative estimate of drug-likeness (QED) is 0.0166. The lowest BCUT2D eigenvalue weighted by Gasteiger charge is -2.32. The highest BCUT2D eigenvalue weighted by Gasteiger charge is 2.52. The lowest BCUT2D eigenvalue weighted by atomic mass is 9.76. The van der Waals surface area contributed by atoms with E-state index in [0.717, 1.165) is 117 Å². The van der Waals surface area contributed by atoms with E-state index in [1.54, 1.807) is 12.1 Å². The van der Waals surface area contributed by atoms with Crippen LogP contribution in [-0.2, 0) is 23.5 Å². The van der Waals surface area contributed by atoms with Gasteiger partial charge in [0.05, 0.1) is 109 Å². The lowest BCUT2D eigenvalue weighted by molar-refractivity contribution is -0.143. The van der Waals surface area contributed by atoms with Crippen molar-refractivity contribution in [2.75, 3.05) is 181 Å². The highest BCUT2D eigenvalue weighted by atomic mass is 127. The molecule has 6 fully saturated rings. The number of carbonyl (C=O) groups excluding carboxylic acids is 2. The molecule has 0 bridgehead atoms. The van der Waals surface area contributed by atoms with Crippen LogP contribution in [-0.4, -0.2) is 255 Å². The van der Waals surface area contributed by atoms with Crippen molar-refractivity contribution in [3.63, 3.8) is 0 Å². The molecule has 26 nitrogen and oxygen atoms in total. The second-order valence-electron chi connectivity index (χ2n) is 26.9. The third kappa shape index (κ3) is 27.0. The number of nitrogens with two attached hydrogens (primary N) is 1. The molecule has 2 aromatic carbocycles. The summed E-state index contributed by atoms with van der Waals surface area (Å²) < 4.78 is 80.9. The number of urea groups is 2. The maximum absolute atomic E-state index is 13.0. The number of alkyl halides is 3. The monoisotopic (exact) mass is 1710 g/mol. The van der Waals surface area contributed by atoms with Crippen LogP contribution in [0.4, 0.5) is 67.6 Å². The van der Waals surface area contributed by atoms with E-state index in [0.29, 0.717) is 81.7 Å². The lowest BCUT2D eigenvalue weighted by Crippen LogP contribution is -2.41. The summed E-state index contributed by atoms with van der Waals surface area (Å²) in [6.07, 6.45) is -2.54. The van der Waals surface area contributed by atoms with Crippen LogP contribution in [0.1, 0.15) is 71.4 Å². The average Bonchev–Trinajstić information content (AvgIpc) is 1.59. The Labute approximate surface area is 641 Å². The standard InChI is InChI=1S/C26H37N5O4.C20H28BF3N2O3.C12H18IN3O3.C9H10FIN2O.C3H9NO2.H2S/c1-3-19-6-7-31(15-19)26(34)28-21-5-4-18(2)23(14-21)20-12-24(27-22(16-32)17-33)29-25(13-20)30-8-10-35-11-9-30;1-13-6-7-15(10-16(13)21-28-18(2,3)19(4,5)29-21)25-17(27)26-9-8-14(12-26)11-20(22,23)24;13-9-5-11(14-10(7-17)8-18)15-12(6-9)16-1-3-19-4-2-16;10-8-5-7(11)6-9(12-8)13-1-3-14-4-2-13;4-3(1-5)2-6;/h4-5,12-14,19,22,32-33H,3,6-11,15-17H2,1-2H3,(H,27,29)(H,28,34);6-7,10,14H,8-9,11-12H2,1-5H3,(H,25,27);5-6,10,17-18H,1-4,7-8H2,(H,14,15);5-6H,1-4H2;3,5-6H,1-2,4H2;1H2/t19-;14-;;;;/m10..../s1. The molecule has 578 valence electrons. The number of hydrogen-bond acceptors (Lipinski definition) is 22. The van der Waals surface area contributed by atoms with Gasteiger partial charge in [-0.25, -0.2) is 24.5 Å². The second kappa shape index (κ2) is 42.3. The van der Waals surface area contributed by atoms with Gasteiger partial charge in [-0.1, -0.05) is 31.0 Å². The van der Waals surface area contributed by atoms with Gasteiger partial charge in [-0.3, -0.25) is 0 Å². The third-order valence-electron chi connectivity index (χ3n) is 18.5. The zero-order valence-electron chi connectivity index (χ0n) is 60.2. The molecule has 11 rings (SSSR count). The summed E-state index contributed by atoms with van der Waals surface area (Å²) in [6, 6.07) is 20.8. The van der Waals surface area contributed by atoms with Crippen molar-refractivity contribution in [2.45, 2.75) is 110 Å². The Morgan fingerprint density at radius 2 is 1.02 bits per heavy atom. The molecule has 0 radical (unpaired) electrons. The number of carbonyl (C=O) groups is 2. The number of amides is 4. The van der Waals surface area contributed by atoms with Crippen LogP contribution in [0.25, 0.3) is 11.1 Å². The predicted molar refractivity (Wildman–Crippen MR) is 418 cm³/mol. The fourth-order valence-corrected chi connectivity index (χ4v) is 12.7. The van der Waals surface area contributed by atoms with Crippen molar-refractivity contribution >= 4 is 124 Å². The number of aliphatic hydroxyl groups excluding tert-OH is 6. The Morgan fingerprint density at radius 1 is 0.596 bits per heavy atom. The minimum absolute atomic E-state index is 0. The molecule has 2 atom stereocenters. The molecule has 12 N–H and O–H groups in total. The molecule has 0 unspecified atom stereocenters. The predicted octanol–water partition coefficient (Wildman–Crippen LogP) is 7.38. The maximum atomic E-state index is 13.0. The Balaban J connectivity index is 0.000000221. The van der Waals surface area contributed by atoms with Gasteiger partial charge in [0.2, 0.25) is 5.95 Å². The first-order chi connectivity index (χ1) is 49.1. The normalized spacial score (nSPS) is 18.5. The van der Waals surface area contributed by atoms with E-state index in [-0.39, 0.29) is 71.8 Å². The largest absolute Gasteiger partial charge is 0.495 e. The molecular formula is C70H104BF4I2N13O13S. The molecule has 0 spiro atoms. The SMILES string of the molecule is CC[C@@H]1CCN(C(=O)Nc2ccc(C)c(-c3cc(NC(CO)CO)nc(N4CCOCC4)c3)c2)C1.Cc1ccc(NC(=O)N2CC[C@@H](CC(F)(F)F)C2)cc1B1OC(C)(C)C(C)(C)O1.Fc1cc(I)cc(N2CCOCC2)n1.NC(CO)CO.OCC(CO)Nc1cc(I)cc(N2CCOCC2)n1.S. The van der Waals surface area contributed by atoms with Crippen LogP contribution in [0, 0.1) is 38.8 Å². The summed E-state index contributed by atoms with van der Waals surface area (Å²) in [5.41, 5.74) is 10.1. The number of morpholine rings is 3. The van der Waals surface area contributed by atoms with Gasteiger partial charge in [-0.15, -0.1) is 0 Å². The molecular weight excluding hydrogens is 1600 g/mol. The van der Waals surface area contributed by atoms with Crippen LogP contribution in [0.2, 0.25) is 0 Å². The molecule has 0 aliphatic carbocycles. The molecule has 6 saturated heterocycles. The number of benzene rings is 2. The minimum Gasteiger partial charge on any atom is -0.399 e. The van der Waals surface area contributed by atoms with Crippen molar-refractivity contribution in [3.8, 4) is 11.1 Å². The first-order valence-electron chi connectivity index (χ1n) is 34.8. The summed E-state index contributed by atoms with van der Waals surface area (Å²) >= 11 is 4.32. The number of halogens is 6. The first-order valence-corrected chi connectivity index (χ1v) is 36.9. The molecule has 3 aromatic heterocycles.